The predicted octanol–water partition coefficient (Wildman–Crippen LogP) is 6.65. The summed E-state index contributed by atoms with van der Waals surface area (Å²) in [6.45, 7) is 14.3. The Kier molecular flexibility index (Phi) is 3.07. The molecule has 0 fully saturated rings. The first kappa shape index (κ1) is 16.3. The van der Waals surface area contributed by atoms with Gasteiger partial charge in [0, 0.05) is 12.3 Å². The summed E-state index contributed by atoms with van der Waals surface area (Å²) in [6.07, 6.45) is 4.92. The minimum atomic E-state index is -1.24. The van der Waals surface area contributed by atoms with Crippen molar-refractivity contribution in [3.05, 3.63) is 87.0 Å². The first-order chi connectivity index (χ1) is 12.2. The van der Waals surface area contributed by atoms with Crippen molar-refractivity contribution >= 4 is 19.3 Å². The second kappa shape index (κ2) is 4.89. The van der Waals surface area contributed by atoms with Gasteiger partial charge in [0.15, 0.2) is 0 Å². The van der Waals surface area contributed by atoms with E-state index in [-0.39, 0.29) is 5.41 Å². The van der Waals surface area contributed by atoms with Gasteiger partial charge in [0.05, 0.1) is 0 Å². The smallest absolute Gasteiger partial charge is 0.0675 e. The molecule has 1 heteroatoms. The van der Waals surface area contributed by atoms with Crippen LogP contribution in [-0.4, -0.2) is 8.07 Å². The molecule has 1 unspecified atom stereocenters. The second-order valence-corrected chi connectivity index (χ2v) is 14.0. The minimum absolute atomic E-state index is 0.171. The molecule has 0 saturated carbocycles. The highest BCUT2D eigenvalue weighted by molar-refractivity contribution is 7.13. The molecule has 131 valence electrons. The number of hydrogen-bond donors (Lipinski definition) is 0. The molecule has 0 bridgehead atoms. The van der Waals surface area contributed by atoms with Gasteiger partial charge in [0.1, 0.15) is 8.07 Å². The topological polar surface area (TPSA) is 0 Å². The van der Waals surface area contributed by atoms with E-state index in [1.807, 2.05) is 0 Å². The molecule has 1 radical (unpaired) electrons. The van der Waals surface area contributed by atoms with Crippen LogP contribution in [0.5, 0.6) is 0 Å². The Morgan fingerprint density at radius 1 is 0.923 bits per heavy atom. The van der Waals surface area contributed by atoms with Crippen LogP contribution in [0.25, 0.3) is 11.3 Å². The number of hydrogen-bond acceptors (Lipinski definition) is 0. The maximum atomic E-state index is 2.50. The van der Waals surface area contributed by atoms with Gasteiger partial charge in [0.2, 0.25) is 0 Å². The average molecular weight is 356 g/mol. The Morgan fingerprint density at radius 3 is 2.35 bits per heavy atom. The Bertz CT molecular complexity index is 1020. The molecule has 1 heterocycles. The van der Waals surface area contributed by atoms with Crippen LogP contribution in [0.15, 0.2) is 47.2 Å². The number of allylic oxidation sites excluding steroid dienone is 2. The van der Waals surface area contributed by atoms with Crippen molar-refractivity contribution < 1.29 is 0 Å². The summed E-state index contributed by atoms with van der Waals surface area (Å²) in [5.74, 6) is 0.410. The van der Waals surface area contributed by atoms with Gasteiger partial charge >= 0.3 is 0 Å². The molecule has 3 aliphatic rings. The summed E-state index contributed by atoms with van der Waals surface area (Å²) in [6, 6.07) is 13.9. The number of benzene rings is 2. The summed E-state index contributed by atoms with van der Waals surface area (Å²) >= 11 is 0. The lowest BCUT2D eigenvalue weighted by atomic mass is 9.80. The van der Waals surface area contributed by atoms with Gasteiger partial charge in [-0.1, -0.05) is 92.3 Å². The monoisotopic (exact) mass is 355 g/mol. The van der Waals surface area contributed by atoms with Crippen LogP contribution >= 0.6 is 0 Å². The summed E-state index contributed by atoms with van der Waals surface area (Å²) in [5, 5.41) is 3.40. The van der Waals surface area contributed by atoms with Gasteiger partial charge in [-0.05, 0) is 45.7 Å². The first-order valence-electron chi connectivity index (χ1n) is 9.76. The molecular formula is C25H27Si. The van der Waals surface area contributed by atoms with E-state index in [1.165, 1.54) is 33.4 Å². The van der Waals surface area contributed by atoms with Crippen LogP contribution in [-0.2, 0) is 5.41 Å². The van der Waals surface area contributed by atoms with Gasteiger partial charge in [-0.2, -0.15) is 0 Å². The van der Waals surface area contributed by atoms with Crippen LogP contribution in [0, 0.1) is 6.42 Å². The molecule has 0 amide bonds. The molecule has 1 atom stereocenters. The zero-order valence-electron chi connectivity index (χ0n) is 16.7. The summed E-state index contributed by atoms with van der Waals surface area (Å²) in [5.41, 5.74) is 10.6. The fraction of sp³-hybridized carbons (Fsp3) is 0.320. The molecule has 2 aliphatic carbocycles. The molecule has 2 aromatic carbocycles. The van der Waals surface area contributed by atoms with Gasteiger partial charge in [-0.3, -0.25) is 0 Å². The van der Waals surface area contributed by atoms with E-state index in [9.17, 15) is 0 Å². The Hall–Kier alpha value is -1.86. The highest BCUT2D eigenvalue weighted by atomic mass is 28.3. The van der Waals surface area contributed by atoms with Crippen molar-refractivity contribution in [3.8, 4) is 0 Å². The van der Waals surface area contributed by atoms with Crippen molar-refractivity contribution in [1.29, 1.82) is 0 Å². The maximum absolute atomic E-state index is 2.50. The summed E-state index contributed by atoms with van der Waals surface area (Å²) in [4.78, 5) is 0. The lowest BCUT2D eigenvalue weighted by molar-refractivity contribution is 0.588. The second-order valence-electron chi connectivity index (χ2n) is 9.75. The van der Waals surface area contributed by atoms with Crippen molar-refractivity contribution in [2.45, 2.75) is 52.1 Å². The largest absolute Gasteiger partial charge is 0.108 e. The quantitative estimate of drug-likeness (QED) is 0.502. The van der Waals surface area contributed by atoms with Crippen molar-refractivity contribution in [2.24, 2.45) is 0 Å². The Morgan fingerprint density at radius 2 is 1.62 bits per heavy atom. The van der Waals surface area contributed by atoms with Gasteiger partial charge < -0.3 is 0 Å². The molecule has 0 nitrogen and oxygen atoms in total. The van der Waals surface area contributed by atoms with E-state index >= 15 is 0 Å². The van der Waals surface area contributed by atoms with Gasteiger partial charge in [0.25, 0.3) is 0 Å². The van der Waals surface area contributed by atoms with Crippen LogP contribution in [0.1, 0.15) is 67.0 Å². The third-order valence-corrected chi connectivity index (χ3v) is 9.84. The molecule has 0 saturated heterocycles. The van der Waals surface area contributed by atoms with Crippen LogP contribution < -0.4 is 0 Å². The van der Waals surface area contributed by atoms with Crippen molar-refractivity contribution in [3.63, 3.8) is 0 Å². The minimum Gasteiger partial charge on any atom is -0.0675 e. The molecule has 2 aromatic rings. The lowest BCUT2D eigenvalue weighted by Gasteiger charge is -2.25. The highest BCUT2D eigenvalue weighted by Gasteiger charge is 2.53. The molecular weight excluding hydrogens is 328 g/mol. The van der Waals surface area contributed by atoms with E-state index in [4.69, 9.17) is 0 Å². The number of rotatable bonds is 1. The van der Waals surface area contributed by atoms with E-state index in [1.54, 1.807) is 16.0 Å². The summed E-state index contributed by atoms with van der Waals surface area (Å²) < 4.78 is 0. The van der Waals surface area contributed by atoms with Crippen molar-refractivity contribution in [1.82, 2.24) is 0 Å². The molecule has 26 heavy (non-hydrogen) atoms. The normalized spacial score (nSPS) is 22.1. The van der Waals surface area contributed by atoms with Crippen LogP contribution in [0.2, 0.25) is 13.1 Å². The third-order valence-electron chi connectivity index (χ3n) is 6.58. The van der Waals surface area contributed by atoms with Crippen LogP contribution in [0.3, 0.4) is 0 Å². The van der Waals surface area contributed by atoms with E-state index in [0.717, 1.165) is 0 Å². The third kappa shape index (κ3) is 2.01. The van der Waals surface area contributed by atoms with Crippen LogP contribution in [0.4, 0.5) is 0 Å². The maximum Gasteiger partial charge on any atom is 0.108 e. The lowest BCUT2D eigenvalue weighted by Crippen LogP contribution is -2.17. The molecule has 0 N–H and O–H groups in total. The molecule has 0 aromatic heterocycles. The van der Waals surface area contributed by atoms with Crippen molar-refractivity contribution in [2.75, 3.05) is 0 Å². The zero-order chi connectivity index (χ0) is 18.4. The fourth-order valence-corrected chi connectivity index (χ4v) is 8.58. The fourth-order valence-electron chi connectivity index (χ4n) is 5.21. The SMILES string of the molecule is CC1=Cc2c(cccc2C(C)(C)C)C1c1cccc2c1C1=C([CH]2)[Si]1(C)C. The Labute approximate surface area is 158 Å². The molecule has 0 spiro atoms. The van der Waals surface area contributed by atoms with E-state index in [0.29, 0.717) is 5.92 Å². The summed E-state index contributed by atoms with van der Waals surface area (Å²) in [7, 11) is -1.24. The first-order valence-corrected chi connectivity index (χ1v) is 12.8. The predicted molar refractivity (Wildman–Crippen MR) is 115 cm³/mol. The molecule has 5 rings (SSSR count). The van der Waals surface area contributed by atoms with E-state index < -0.39 is 8.07 Å². The van der Waals surface area contributed by atoms with Gasteiger partial charge in [-0.25, -0.2) is 0 Å². The number of fused-ring (bicyclic) bond motifs is 3. The average Bonchev–Trinajstić information content (AvgIpc) is 2.91. The van der Waals surface area contributed by atoms with E-state index in [2.05, 4.69) is 89.7 Å². The Balaban J connectivity index is 1.70. The molecule has 1 aliphatic heterocycles. The highest BCUT2D eigenvalue weighted by Crippen LogP contribution is 2.59. The zero-order valence-corrected chi connectivity index (χ0v) is 17.7. The standard InChI is InChI=1S/C25H27Si/c1-15-13-19-17(10-8-12-20(19)25(2,3)4)22(15)18-11-7-9-16-14-21-24(23(16)18)26(21,5)6/h7-14,22H,1-6H3. The van der Waals surface area contributed by atoms with Gasteiger partial charge in [-0.15, -0.1) is 0 Å².